The van der Waals surface area contributed by atoms with Gasteiger partial charge < -0.3 is 9.53 Å². The SMILES string of the molecule is C=C[C@@H](C)[C@@H](O)[C@@H](C)[C@H](O[Si](C)(C)C(C)(C)C)[C@@H](C)CC. The zero-order valence-corrected chi connectivity index (χ0v) is 16.7. The van der Waals surface area contributed by atoms with Crippen molar-refractivity contribution >= 4 is 8.32 Å². The molecule has 0 unspecified atom stereocenters. The summed E-state index contributed by atoms with van der Waals surface area (Å²) in [5, 5.41) is 10.8. The van der Waals surface area contributed by atoms with Gasteiger partial charge in [0, 0.05) is 11.8 Å². The Balaban J connectivity index is 5.27. The minimum atomic E-state index is -1.84. The van der Waals surface area contributed by atoms with Crippen molar-refractivity contribution in [3.63, 3.8) is 0 Å². The zero-order chi connectivity index (χ0) is 17.0. The van der Waals surface area contributed by atoms with Crippen LogP contribution in [-0.2, 0) is 4.43 Å². The highest BCUT2D eigenvalue weighted by Gasteiger charge is 2.42. The molecule has 0 spiro atoms. The highest BCUT2D eigenvalue weighted by atomic mass is 28.4. The maximum absolute atomic E-state index is 10.6. The van der Waals surface area contributed by atoms with Crippen molar-refractivity contribution in [3.8, 4) is 0 Å². The van der Waals surface area contributed by atoms with Crippen molar-refractivity contribution in [2.45, 2.75) is 85.2 Å². The molecule has 0 heterocycles. The molecule has 0 saturated heterocycles. The van der Waals surface area contributed by atoms with Crippen LogP contribution in [0.3, 0.4) is 0 Å². The highest BCUT2D eigenvalue weighted by Crippen LogP contribution is 2.40. The molecule has 2 nitrogen and oxygen atoms in total. The average Bonchev–Trinajstić information content (AvgIpc) is 2.40. The van der Waals surface area contributed by atoms with Gasteiger partial charge >= 0.3 is 0 Å². The smallest absolute Gasteiger partial charge is 0.192 e. The van der Waals surface area contributed by atoms with Gasteiger partial charge in [0.15, 0.2) is 8.32 Å². The lowest BCUT2D eigenvalue weighted by molar-refractivity contribution is -0.0140. The lowest BCUT2D eigenvalue weighted by Crippen LogP contribution is -2.49. The summed E-state index contributed by atoms with van der Waals surface area (Å²) in [7, 11) is -1.84. The van der Waals surface area contributed by atoms with Gasteiger partial charge in [-0.15, -0.1) is 6.58 Å². The van der Waals surface area contributed by atoms with Crippen LogP contribution in [0.15, 0.2) is 12.7 Å². The summed E-state index contributed by atoms with van der Waals surface area (Å²) >= 11 is 0. The van der Waals surface area contributed by atoms with Crippen LogP contribution in [0, 0.1) is 17.8 Å². The van der Waals surface area contributed by atoms with E-state index < -0.39 is 14.4 Å². The number of aliphatic hydroxyl groups is 1. The Morgan fingerprint density at radius 2 is 1.67 bits per heavy atom. The van der Waals surface area contributed by atoms with Gasteiger partial charge in [0.2, 0.25) is 0 Å². The Morgan fingerprint density at radius 1 is 1.19 bits per heavy atom. The molecular weight excluding hydrogens is 276 g/mol. The molecule has 0 aliphatic carbocycles. The second-order valence-corrected chi connectivity index (χ2v) is 12.9. The van der Waals surface area contributed by atoms with Gasteiger partial charge in [-0.2, -0.15) is 0 Å². The molecule has 0 aliphatic heterocycles. The Bertz CT molecular complexity index is 320. The molecule has 0 aromatic carbocycles. The van der Waals surface area contributed by atoms with Gasteiger partial charge in [0.05, 0.1) is 12.2 Å². The standard InChI is InChI=1S/C18H38O2Si/c1-11-13(3)16(19)15(5)17(14(4)12-2)20-21(9,10)18(6,7)8/h11,13-17,19H,1,12H2,2-10H3/t13-,14+,15-,16-,17-/m1/s1. The first-order valence-corrected chi connectivity index (χ1v) is 11.3. The minimum absolute atomic E-state index is 0.0922. The minimum Gasteiger partial charge on any atom is -0.413 e. The first kappa shape index (κ1) is 20.9. The lowest BCUT2D eigenvalue weighted by Gasteiger charge is -2.44. The van der Waals surface area contributed by atoms with Gasteiger partial charge in [-0.05, 0) is 24.1 Å². The summed E-state index contributed by atoms with van der Waals surface area (Å²) in [5.74, 6) is 0.650. The zero-order valence-electron chi connectivity index (χ0n) is 15.7. The first-order valence-electron chi connectivity index (χ1n) is 8.37. The fraction of sp³-hybridized carbons (Fsp3) is 0.889. The molecule has 126 valence electrons. The van der Waals surface area contributed by atoms with Crippen molar-refractivity contribution in [2.75, 3.05) is 0 Å². The number of hydrogen-bond donors (Lipinski definition) is 1. The molecule has 21 heavy (non-hydrogen) atoms. The maximum Gasteiger partial charge on any atom is 0.192 e. The van der Waals surface area contributed by atoms with Crippen molar-refractivity contribution in [3.05, 3.63) is 12.7 Å². The molecule has 0 amide bonds. The van der Waals surface area contributed by atoms with Crippen LogP contribution in [0.25, 0.3) is 0 Å². The number of rotatable bonds is 8. The highest BCUT2D eigenvalue weighted by molar-refractivity contribution is 6.74. The van der Waals surface area contributed by atoms with Crippen LogP contribution in [-0.4, -0.2) is 25.6 Å². The number of hydrogen-bond acceptors (Lipinski definition) is 2. The third kappa shape index (κ3) is 5.54. The van der Waals surface area contributed by atoms with Gasteiger partial charge in [-0.1, -0.05) is 61.0 Å². The van der Waals surface area contributed by atoms with E-state index in [0.717, 1.165) is 6.42 Å². The normalized spacial score (nSPS) is 20.5. The maximum atomic E-state index is 10.6. The second-order valence-electron chi connectivity index (χ2n) is 8.17. The van der Waals surface area contributed by atoms with Gasteiger partial charge in [0.1, 0.15) is 0 Å². The Kier molecular flexibility index (Phi) is 7.89. The molecule has 0 saturated carbocycles. The largest absolute Gasteiger partial charge is 0.413 e. The predicted octanol–water partition coefficient (Wildman–Crippen LogP) is 5.24. The van der Waals surface area contributed by atoms with Crippen LogP contribution >= 0.6 is 0 Å². The molecule has 5 atom stereocenters. The van der Waals surface area contributed by atoms with Crippen molar-refractivity contribution in [1.82, 2.24) is 0 Å². The molecular formula is C18H38O2Si. The van der Waals surface area contributed by atoms with Crippen LogP contribution in [0.2, 0.25) is 18.1 Å². The van der Waals surface area contributed by atoms with Crippen molar-refractivity contribution in [2.24, 2.45) is 17.8 Å². The molecule has 3 heteroatoms. The van der Waals surface area contributed by atoms with Crippen LogP contribution in [0.5, 0.6) is 0 Å². The van der Waals surface area contributed by atoms with E-state index >= 15 is 0 Å². The van der Waals surface area contributed by atoms with Crippen LogP contribution in [0.1, 0.15) is 54.9 Å². The van der Waals surface area contributed by atoms with E-state index in [-0.39, 0.29) is 23.0 Å². The lowest BCUT2D eigenvalue weighted by atomic mass is 9.83. The number of aliphatic hydroxyl groups excluding tert-OH is 1. The summed E-state index contributed by atoms with van der Waals surface area (Å²) in [4.78, 5) is 0. The van der Waals surface area contributed by atoms with E-state index in [1.165, 1.54) is 0 Å². The monoisotopic (exact) mass is 314 g/mol. The summed E-state index contributed by atoms with van der Waals surface area (Å²) in [6.45, 7) is 23.8. The summed E-state index contributed by atoms with van der Waals surface area (Å²) < 4.78 is 6.68. The van der Waals surface area contributed by atoms with Crippen molar-refractivity contribution in [1.29, 1.82) is 0 Å². The van der Waals surface area contributed by atoms with E-state index in [0.29, 0.717) is 5.92 Å². The van der Waals surface area contributed by atoms with Crippen LogP contribution in [0.4, 0.5) is 0 Å². The van der Waals surface area contributed by atoms with Crippen LogP contribution < -0.4 is 0 Å². The Morgan fingerprint density at radius 3 is 2.00 bits per heavy atom. The fourth-order valence-electron chi connectivity index (χ4n) is 2.30. The molecule has 0 aromatic rings. The van der Waals surface area contributed by atoms with Gasteiger partial charge in [0.25, 0.3) is 0 Å². The fourth-order valence-corrected chi connectivity index (χ4v) is 3.78. The topological polar surface area (TPSA) is 29.5 Å². The van der Waals surface area contributed by atoms with E-state index in [1.807, 2.05) is 13.0 Å². The van der Waals surface area contributed by atoms with E-state index in [9.17, 15) is 5.11 Å². The van der Waals surface area contributed by atoms with E-state index in [1.54, 1.807) is 0 Å². The third-order valence-electron chi connectivity index (χ3n) is 5.41. The van der Waals surface area contributed by atoms with E-state index in [2.05, 4.69) is 61.2 Å². The van der Waals surface area contributed by atoms with Gasteiger partial charge in [-0.3, -0.25) is 0 Å². The van der Waals surface area contributed by atoms with Gasteiger partial charge in [-0.25, -0.2) is 0 Å². The molecule has 0 fully saturated rings. The quantitative estimate of drug-likeness (QED) is 0.490. The van der Waals surface area contributed by atoms with Crippen molar-refractivity contribution < 1.29 is 9.53 Å². The molecule has 0 rings (SSSR count). The summed E-state index contributed by atoms with van der Waals surface area (Å²) in [5.41, 5.74) is 0. The summed E-state index contributed by atoms with van der Waals surface area (Å²) in [6, 6.07) is 0. The molecule has 0 aliphatic rings. The first-order chi connectivity index (χ1) is 9.39. The predicted molar refractivity (Wildman–Crippen MR) is 96.1 cm³/mol. The molecule has 0 radical (unpaired) electrons. The average molecular weight is 315 g/mol. The molecule has 1 N–H and O–H groups in total. The third-order valence-corrected chi connectivity index (χ3v) is 9.88. The molecule has 0 aromatic heterocycles. The second kappa shape index (κ2) is 7.93. The Labute approximate surface area is 134 Å². The molecule has 0 bridgehead atoms. The summed E-state index contributed by atoms with van der Waals surface area (Å²) in [6.07, 6.45) is 2.61. The van der Waals surface area contributed by atoms with E-state index in [4.69, 9.17) is 4.43 Å². The Hall–Kier alpha value is -0.123.